The van der Waals surface area contributed by atoms with Crippen LogP contribution in [-0.2, 0) is 0 Å². The van der Waals surface area contributed by atoms with Gasteiger partial charge in [0.2, 0.25) is 0 Å². The number of benzene rings is 1. The van der Waals surface area contributed by atoms with E-state index in [0.29, 0.717) is 16.5 Å². The van der Waals surface area contributed by atoms with Gasteiger partial charge in [0.05, 0.1) is 14.2 Å². The predicted molar refractivity (Wildman–Crippen MR) is 80.2 cm³/mol. The van der Waals surface area contributed by atoms with Crippen molar-refractivity contribution in [3.63, 3.8) is 0 Å². The minimum absolute atomic E-state index is 0.0517. The smallest absolute Gasteiger partial charge is 0.162 e. The molecule has 3 nitrogen and oxygen atoms in total. The molecule has 0 radical (unpaired) electrons. The van der Waals surface area contributed by atoms with Gasteiger partial charge in [-0.1, -0.05) is 44.2 Å². The molecule has 1 rings (SSSR count). The number of methoxy groups -OCH3 is 2. The Balaban J connectivity index is 2.76. The Morgan fingerprint density at radius 1 is 1.11 bits per heavy atom. The van der Waals surface area contributed by atoms with E-state index in [1.165, 1.54) is 19.3 Å². The summed E-state index contributed by atoms with van der Waals surface area (Å²) in [5.41, 5.74) is 7.14. The monoisotopic (exact) mass is 285 g/mol. The second-order valence-electron chi connectivity index (χ2n) is 4.68. The molecule has 0 fully saturated rings. The third-order valence-electron chi connectivity index (χ3n) is 3.27. The van der Waals surface area contributed by atoms with Crippen molar-refractivity contribution >= 4 is 11.6 Å². The fourth-order valence-electron chi connectivity index (χ4n) is 2.10. The number of ether oxygens (including phenoxy) is 2. The van der Waals surface area contributed by atoms with Crippen LogP contribution < -0.4 is 15.2 Å². The number of hydrogen-bond donors (Lipinski definition) is 1. The number of rotatable bonds is 8. The van der Waals surface area contributed by atoms with E-state index in [1.807, 2.05) is 6.07 Å². The fraction of sp³-hybridized carbons (Fsp3) is 0.600. The molecule has 108 valence electrons. The molecule has 0 bridgehead atoms. The Morgan fingerprint density at radius 2 is 1.74 bits per heavy atom. The normalized spacial score (nSPS) is 12.3. The first-order chi connectivity index (χ1) is 9.13. The lowest BCUT2D eigenvalue weighted by atomic mass is 10.0. The predicted octanol–water partition coefficient (Wildman–Crippen LogP) is 4.33. The van der Waals surface area contributed by atoms with E-state index in [9.17, 15) is 0 Å². The molecule has 0 aliphatic rings. The molecule has 1 aromatic rings. The molecule has 1 atom stereocenters. The molecule has 1 unspecified atom stereocenters. The van der Waals surface area contributed by atoms with Crippen molar-refractivity contribution in [2.75, 3.05) is 14.2 Å². The first-order valence-electron chi connectivity index (χ1n) is 6.81. The van der Waals surface area contributed by atoms with Gasteiger partial charge in [-0.05, 0) is 18.1 Å². The lowest BCUT2D eigenvalue weighted by molar-refractivity contribution is 0.354. The van der Waals surface area contributed by atoms with Gasteiger partial charge in [-0.15, -0.1) is 0 Å². The number of nitrogens with two attached hydrogens (primary N) is 1. The molecule has 0 heterocycles. The highest BCUT2D eigenvalue weighted by Crippen LogP contribution is 2.36. The number of hydrogen-bond acceptors (Lipinski definition) is 3. The van der Waals surface area contributed by atoms with Crippen molar-refractivity contribution in [1.29, 1.82) is 0 Å². The maximum atomic E-state index is 6.26. The Labute approximate surface area is 121 Å². The van der Waals surface area contributed by atoms with Crippen LogP contribution in [0.1, 0.15) is 50.6 Å². The van der Waals surface area contributed by atoms with Gasteiger partial charge in [-0.3, -0.25) is 0 Å². The molecule has 0 aliphatic carbocycles. The summed E-state index contributed by atoms with van der Waals surface area (Å²) in [6.45, 7) is 2.20. The topological polar surface area (TPSA) is 44.5 Å². The van der Waals surface area contributed by atoms with Crippen LogP contribution in [0.15, 0.2) is 12.1 Å². The molecule has 0 saturated heterocycles. The van der Waals surface area contributed by atoms with E-state index in [4.69, 9.17) is 26.8 Å². The van der Waals surface area contributed by atoms with Gasteiger partial charge in [0.25, 0.3) is 0 Å². The van der Waals surface area contributed by atoms with Gasteiger partial charge in [-0.25, -0.2) is 0 Å². The van der Waals surface area contributed by atoms with Crippen molar-refractivity contribution in [2.45, 2.75) is 45.1 Å². The first-order valence-corrected chi connectivity index (χ1v) is 7.18. The Bertz CT molecular complexity index is 396. The van der Waals surface area contributed by atoms with Crippen LogP contribution in [0.5, 0.6) is 11.5 Å². The lowest BCUT2D eigenvalue weighted by Crippen LogP contribution is -2.11. The zero-order valence-electron chi connectivity index (χ0n) is 12.0. The molecule has 0 aromatic heterocycles. The molecule has 0 saturated carbocycles. The number of halogens is 1. The maximum absolute atomic E-state index is 6.26. The zero-order chi connectivity index (χ0) is 14.3. The molecule has 0 spiro atoms. The van der Waals surface area contributed by atoms with E-state index in [-0.39, 0.29) is 6.04 Å². The molecule has 1 aromatic carbocycles. The number of unbranched alkanes of at least 4 members (excludes halogenated alkanes) is 3. The van der Waals surface area contributed by atoms with Crippen molar-refractivity contribution < 1.29 is 9.47 Å². The van der Waals surface area contributed by atoms with Gasteiger partial charge in [0.15, 0.2) is 11.5 Å². The highest BCUT2D eigenvalue weighted by atomic mass is 35.5. The van der Waals surface area contributed by atoms with E-state index < -0.39 is 0 Å². The minimum atomic E-state index is -0.0517. The zero-order valence-corrected chi connectivity index (χ0v) is 12.8. The molecule has 2 N–H and O–H groups in total. The third kappa shape index (κ3) is 4.59. The van der Waals surface area contributed by atoms with Crippen LogP contribution >= 0.6 is 11.6 Å². The Morgan fingerprint density at radius 3 is 2.32 bits per heavy atom. The summed E-state index contributed by atoms with van der Waals surface area (Å²) in [5.74, 6) is 1.31. The average molecular weight is 286 g/mol. The third-order valence-corrected chi connectivity index (χ3v) is 3.60. The lowest BCUT2D eigenvalue weighted by Gasteiger charge is -2.16. The Kier molecular flexibility index (Phi) is 7.03. The summed E-state index contributed by atoms with van der Waals surface area (Å²) < 4.78 is 10.5. The average Bonchev–Trinajstić information content (AvgIpc) is 2.42. The summed E-state index contributed by atoms with van der Waals surface area (Å²) in [5, 5.41) is 0.639. The largest absolute Gasteiger partial charge is 0.493 e. The van der Waals surface area contributed by atoms with Crippen LogP contribution in [0.4, 0.5) is 0 Å². The fourth-order valence-corrected chi connectivity index (χ4v) is 2.39. The quantitative estimate of drug-likeness (QED) is 0.723. The van der Waals surface area contributed by atoms with Crippen LogP contribution in [0, 0.1) is 0 Å². The Hall–Kier alpha value is -0.930. The second-order valence-corrected chi connectivity index (χ2v) is 5.09. The van der Waals surface area contributed by atoms with Crippen LogP contribution in [0.3, 0.4) is 0 Å². The van der Waals surface area contributed by atoms with Crippen molar-refractivity contribution in [1.82, 2.24) is 0 Å². The summed E-state index contributed by atoms with van der Waals surface area (Å²) in [6.07, 6.45) is 5.77. The van der Waals surface area contributed by atoms with Gasteiger partial charge >= 0.3 is 0 Å². The van der Waals surface area contributed by atoms with E-state index in [0.717, 1.165) is 18.4 Å². The maximum Gasteiger partial charge on any atom is 0.162 e. The van der Waals surface area contributed by atoms with Crippen LogP contribution in [0.25, 0.3) is 0 Å². The minimum Gasteiger partial charge on any atom is -0.493 e. The first kappa shape index (κ1) is 16.1. The van der Waals surface area contributed by atoms with Gasteiger partial charge < -0.3 is 15.2 Å². The standard InChI is InChI=1S/C15H24ClNO2/c1-4-5-6-7-8-13(17)11-9-14(18-2)15(19-3)10-12(11)16/h9-10,13H,4-8,17H2,1-3H3. The summed E-state index contributed by atoms with van der Waals surface area (Å²) in [7, 11) is 3.21. The summed E-state index contributed by atoms with van der Waals surface area (Å²) in [6, 6.07) is 3.59. The van der Waals surface area contributed by atoms with E-state index >= 15 is 0 Å². The highest BCUT2D eigenvalue weighted by Gasteiger charge is 2.15. The van der Waals surface area contributed by atoms with Gasteiger partial charge in [0, 0.05) is 17.1 Å². The van der Waals surface area contributed by atoms with Crippen molar-refractivity contribution in [3.05, 3.63) is 22.7 Å². The summed E-state index contributed by atoms with van der Waals surface area (Å²) >= 11 is 6.26. The molecule has 0 amide bonds. The van der Waals surface area contributed by atoms with Gasteiger partial charge in [0.1, 0.15) is 0 Å². The van der Waals surface area contributed by atoms with Crippen LogP contribution in [0.2, 0.25) is 5.02 Å². The van der Waals surface area contributed by atoms with Crippen molar-refractivity contribution in [2.24, 2.45) is 5.73 Å². The summed E-state index contributed by atoms with van der Waals surface area (Å²) in [4.78, 5) is 0. The van der Waals surface area contributed by atoms with Crippen molar-refractivity contribution in [3.8, 4) is 11.5 Å². The van der Waals surface area contributed by atoms with Crippen LogP contribution in [-0.4, -0.2) is 14.2 Å². The molecule has 0 aliphatic heterocycles. The SMILES string of the molecule is CCCCCCC(N)c1cc(OC)c(OC)cc1Cl. The molecule has 19 heavy (non-hydrogen) atoms. The molecular formula is C15H24ClNO2. The van der Waals surface area contributed by atoms with E-state index in [2.05, 4.69) is 6.92 Å². The van der Waals surface area contributed by atoms with E-state index in [1.54, 1.807) is 20.3 Å². The molecular weight excluding hydrogens is 262 g/mol. The second kappa shape index (κ2) is 8.28. The highest BCUT2D eigenvalue weighted by molar-refractivity contribution is 6.31. The van der Waals surface area contributed by atoms with Gasteiger partial charge in [-0.2, -0.15) is 0 Å². The molecule has 4 heteroatoms.